The lowest BCUT2D eigenvalue weighted by molar-refractivity contribution is -0.137. The van der Waals surface area contributed by atoms with Crippen LogP contribution in [0, 0.1) is 17.7 Å². The van der Waals surface area contributed by atoms with Crippen molar-refractivity contribution in [1.29, 1.82) is 0 Å². The van der Waals surface area contributed by atoms with Crippen LogP contribution in [0.5, 0.6) is 5.75 Å². The number of ether oxygens (including phenoxy) is 1. The smallest absolute Gasteiger partial charge is 0.227 e. The molecule has 2 fully saturated rings. The first-order valence-electron chi connectivity index (χ1n) is 15.4. The Kier molecular flexibility index (Phi) is 13.0. The fraction of sp³-hybridized carbons (Fsp3) is 0.645. The number of carbonyl (C=O) groups is 1. The second kappa shape index (κ2) is 16.6. The molecule has 5 N–H and O–H groups in total. The number of piperidine rings is 1. The van der Waals surface area contributed by atoms with E-state index in [1.54, 1.807) is 29.4 Å². The van der Waals surface area contributed by atoms with Crippen LogP contribution in [-0.4, -0.2) is 110 Å². The molecule has 2 aliphatic rings. The quantitative estimate of drug-likeness (QED) is 0.172. The summed E-state index contributed by atoms with van der Waals surface area (Å²) in [4.78, 5) is 25.1. The van der Waals surface area contributed by atoms with E-state index < -0.39 is 36.8 Å². The summed E-state index contributed by atoms with van der Waals surface area (Å²) < 4.78 is 20.5. The van der Waals surface area contributed by atoms with Gasteiger partial charge in [-0.2, -0.15) is 0 Å². The Labute approximate surface area is 262 Å². The van der Waals surface area contributed by atoms with Gasteiger partial charge in [0.15, 0.2) is 0 Å². The molecule has 0 bridgehead atoms. The maximum Gasteiger partial charge on any atom is 0.227 e. The molecular weight excluding hydrogens is 595 g/mol. The van der Waals surface area contributed by atoms with Gasteiger partial charge in [0, 0.05) is 32.2 Å². The molecule has 2 aliphatic heterocycles. The van der Waals surface area contributed by atoms with Crippen LogP contribution in [0.3, 0.4) is 0 Å². The van der Waals surface area contributed by atoms with Gasteiger partial charge in [-0.25, -0.2) is 14.4 Å². The molecule has 11 nitrogen and oxygen atoms in total. The van der Waals surface area contributed by atoms with Crippen molar-refractivity contribution in [3.63, 3.8) is 0 Å². The molecule has 4 atom stereocenters. The van der Waals surface area contributed by atoms with E-state index in [9.17, 15) is 29.6 Å². The number of halogens is 2. The van der Waals surface area contributed by atoms with Crippen LogP contribution in [0.25, 0.3) is 0 Å². The minimum Gasteiger partial charge on any atom is -0.493 e. The number of rotatable bonds is 16. The first-order chi connectivity index (χ1) is 21.1. The SMILES string of the molecule is O=C(Cc1ccc(OCCCC2CCN(c3ncc(Cl)cn3)CC2)cc1F)N1CC(CCC[C@H](O)[C@@H](O)[C@H](O)[C@H](O)CO)C1. The molecule has 1 aromatic carbocycles. The van der Waals surface area contributed by atoms with E-state index in [0.29, 0.717) is 60.7 Å². The normalized spacial score (nSPS) is 18.9. The van der Waals surface area contributed by atoms with Gasteiger partial charge in [0.2, 0.25) is 11.9 Å². The maximum absolute atomic E-state index is 14.7. The van der Waals surface area contributed by atoms with Gasteiger partial charge in [-0.15, -0.1) is 0 Å². The number of aromatic nitrogens is 2. The van der Waals surface area contributed by atoms with E-state index in [2.05, 4.69) is 14.9 Å². The summed E-state index contributed by atoms with van der Waals surface area (Å²) in [6, 6.07) is 4.64. The Bertz CT molecular complexity index is 1180. The highest BCUT2D eigenvalue weighted by atomic mass is 35.5. The van der Waals surface area contributed by atoms with Gasteiger partial charge >= 0.3 is 0 Å². The van der Waals surface area contributed by atoms with Gasteiger partial charge in [-0.1, -0.05) is 24.1 Å². The summed E-state index contributed by atoms with van der Waals surface area (Å²) in [5, 5.41) is 48.4. The number of aliphatic hydroxyl groups excluding tert-OH is 5. The molecule has 0 spiro atoms. The van der Waals surface area contributed by atoms with Crippen molar-refractivity contribution in [3.05, 3.63) is 47.0 Å². The van der Waals surface area contributed by atoms with E-state index in [0.717, 1.165) is 38.8 Å². The van der Waals surface area contributed by atoms with E-state index >= 15 is 0 Å². The van der Waals surface area contributed by atoms with Crippen LogP contribution in [0.4, 0.5) is 10.3 Å². The average molecular weight is 639 g/mol. The number of carbonyl (C=O) groups excluding carboxylic acids is 1. The largest absolute Gasteiger partial charge is 0.493 e. The Morgan fingerprint density at radius 3 is 2.32 bits per heavy atom. The summed E-state index contributed by atoms with van der Waals surface area (Å²) in [6.07, 6.45) is 2.72. The topological polar surface area (TPSA) is 160 Å². The Morgan fingerprint density at radius 2 is 1.66 bits per heavy atom. The maximum atomic E-state index is 14.7. The van der Waals surface area contributed by atoms with Crippen LogP contribution in [0.1, 0.15) is 50.5 Å². The minimum atomic E-state index is -1.63. The minimum absolute atomic E-state index is 0.0332. The number of amides is 1. The lowest BCUT2D eigenvalue weighted by atomic mass is 9.91. The highest BCUT2D eigenvalue weighted by Crippen LogP contribution is 2.26. The van der Waals surface area contributed by atoms with Gasteiger partial charge < -0.3 is 40.1 Å². The molecule has 0 saturated carbocycles. The van der Waals surface area contributed by atoms with Crippen molar-refractivity contribution < 1.29 is 39.5 Å². The average Bonchev–Trinajstić information content (AvgIpc) is 3.01. The summed E-state index contributed by atoms with van der Waals surface area (Å²) in [7, 11) is 0. The fourth-order valence-electron chi connectivity index (χ4n) is 5.79. The highest BCUT2D eigenvalue weighted by molar-refractivity contribution is 6.30. The number of anilines is 1. The molecular formula is C31H44ClFN4O7. The van der Waals surface area contributed by atoms with Crippen LogP contribution < -0.4 is 9.64 Å². The highest BCUT2D eigenvalue weighted by Gasteiger charge is 2.32. The summed E-state index contributed by atoms with van der Waals surface area (Å²) >= 11 is 5.87. The molecule has 0 aliphatic carbocycles. The zero-order valence-electron chi connectivity index (χ0n) is 24.8. The van der Waals surface area contributed by atoms with Crippen molar-refractivity contribution in [2.45, 2.75) is 75.8 Å². The number of hydrogen-bond acceptors (Lipinski definition) is 10. The standard InChI is InChI=1S/C31H44ClFN4O7/c32-23-15-34-31(35-16-23)36-10-8-20(9-11-36)4-2-12-44-24-7-6-22(25(33)14-24)13-28(41)37-17-21(18-37)3-1-5-26(39)29(42)30(43)27(40)19-38/h6-7,14-16,20-21,26-27,29-30,38-40,42-43H,1-5,8-13,17-19H2/t26-,27+,29+,30+/m0/s1. The molecule has 0 radical (unpaired) electrons. The van der Waals surface area contributed by atoms with Gasteiger partial charge in [0.05, 0.1) is 43.2 Å². The summed E-state index contributed by atoms with van der Waals surface area (Å²) in [6.45, 7) is 2.66. The third kappa shape index (κ3) is 9.69. The molecule has 1 aromatic heterocycles. The lowest BCUT2D eigenvalue weighted by Crippen LogP contribution is -2.50. The van der Waals surface area contributed by atoms with E-state index in [-0.39, 0.29) is 24.7 Å². The zero-order valence-corrected chi connectivity index (χ0v) is 25.6. The first-order valence-corrected chi connectivity index (χ1v) is 15.8. The lowest BCUT2D eigenvalue weighted by Gasteiger charge is -2.39. The van der Waals surface area contributed by atoms with Gasteiger partial charge in [-0.05, 0) is 62.0 Å². The van der Waals surface area contributed by atoms with Crippen molar-refractivity contribution in [1.82, 2.24) is 14.9 Å². The van der Waals surface area contributed by atoms with Crippen molar-refractivity contribution in [2.75, 3.05) is 44.3 Å². The first kappa shape index (κ1) is 34.3. The molecule has 4 rings (SSSR count). The molecule has 0 unspecified atom stereocenters. The Hall–Kier alpha value is -2.61. The molecule has 13 heteroatoms. The predicted octanol–water partition coefficient (Wildman–Crippen LogP) is 1.95. The van der Waals surface area contributed by atoms with E-state index in [1.807, 2.05) is 0 Å². The second-order valence-electron chi connectivity index (χ2n) is 11.9. The number of nitrogens with zero attached hydrogens (tertiary/aromatic N) is 4. The van der Waals surface area contributed by atoms with Gasteiger partial charge in [-0.3, -0.25) is 4.79 Å². The monoisotopic (exact) mass is 638 g/mol. The third-order valence-corrected chi connectivity index (χ3v) is 8.84. The predicted molar refractivity (Wildman–Crippen MR) is 162 cm³/mol. The molecule has 244 valence electrons. The molecule has 3 heterocycles. The number of benzene rings is 1. The van der Waals surface area contributed by atoms with Crippen LogP contribution in [0.2, 0.25) is 5.02 Å². The number of aliphatic hydroxyl groups is 5. The second-order valence-corrected chi connectivity index (χ2v) is 12.4. The van der Waals surface area contributed by atoms with Crippen LogP contribution in [-0.2, 0) is 11.2 Å². The van der Waals surface area contributed by atoms with Crippen molar-refractivity contribution >= 4 is 23.5 Å². The van der Waals surface area contributed by atoms with Gasteiger partial charge in [0.1, 0.15) is 29.9 Å². The number of likely N-dealkylation sites (tertiary alicyclic amines) is 1. The van der Waals surface area contributed by atoms with Gasteiger partial charge in [0.25, 0.3) is 0 Å². The zero-order chi connectivity index (χ0) is 31.6. The molecule has 2 aromatic rings. The Balaban J connectivity index is 1.08. The third-order valence-electron chi connectivity index (χ3n) is 8.64. The van der Waals surface area contributed by atoms with Crippen molar-refractivity contribution in [3.8, 4) is 5.75 Å². The number of hydrogen-bond donors (Lipinski definition) is 5. The molecule has 2 saturated heterocycles. The summed E-state index contributed by atoms with van der Waals surface area (Å²) in [5.74, 6) is 1.37. The van der Waals surface area contributed by atoms with Crippen molar-refractivity contribution in [2.24, 2.45) is 11.8 Å². The molecule has 1 amide bonds. The molecule has 44 heavy (non-hydrogen) atoms. The van der Waals surface area contributed by atoms with Crippen LogP contribution in [0.15, 0.2) is 30.6 Å². The van der Waals surface area contributed by atoms with E-state index in [4.69, 9.17) is 21.4 Å². The Morgan fingerprint density at radius 1 is 1.00 bits per heavy atom. The fourth-order valence-corrected chi connectivity index (χ4v) is 5.89. The van der Waals surface area contributed by atoms with E-state index in [1.165, 1.54) is 6.07 Å². The summed E-state index contributed by atoms with van der Waals surface area (Å²) in [5.41, 5.74) is 0.322. The van der Waals surface area contributed by atoms with Crippen LogP contribution >= 0.6 is 11.6 Å².